The van der Waals surface area contributed by atoms with Gasteiger partial charge in [0.25, 0.3) is 0 Å². The zero-order valence-corrected chi connectivity index (χ0v) is 19.1. The minimum atomic E-state index is 0.700. The minimum absolute atomic E-state index is 0.700. The summed E-state index contributed by atoms with van der Waals surface area (Å²) in [7, 11) is 0. The molecule has 3 heterocycles. The molecule has 0 N–H and O–H groups in total. The quantitative estimate of drug-likeness (QED) is 0.476. The first-order chi connectivity index (χ1) is 8.31. The summed E-state index contributed by atoms with van der Waals surface area (Å²) in [5.74, 6) is 0. The van der Waals surface area contributed by atoms with Crippen molar-refractivity contribution in [1.82, 2.24) is 0 Å². The number of hydrogen-bond donors (Lipinski definition) is 0. The third-order valence-electron chi connectivity index (χ3n) is 1.99. The van der Waals surface area contributed by atoms with Gasteiger partial charge in [0, 0.05) is 0 Å². The van der Waals surface area contributed by atoms with Gasteiger partial charge in [0.05, 0.1) is 0 Å². The maximum atomic E-state index is 2.26. The average molecular weight is 560 g/mol. The van der Waals surface area contributed by atoms with Crippen molar-refractivity contribution in [2.75, 3.05) is 17.6 Å². The molecule has 8 heteroatoms. The van der Waals surface area contributed by atoms with Gasteiger partial charge in [0.1, 0.15) is 0 Å². The van der Waals surface area contributed by atoms with Gasteiger partial charge >= 0.3 is 146 Å². The van der Waals surface area contributed by atoms with E-state index < -0.39 is 0 Å². The van der Waals surface area contributed by atoms with Gasteiger partial charge in [-0.05, 0) is 0 Å². The Balaban J connectivity index is 1.77. The SMILES string of the molecule is CSC1=C(SC)[Se]C(=C2[Se]C3=C(SCS3)[Se]2)[Se]1. The molecular weight excluding hydrogens is 552 g/mol. The molecule has 3 aliphatic rings. The van der Waals surface area contributed by atoms with Crippen LogP contribution in [-0.2, 0) is 0 Å². The van der Waals surface area contributed by atoms with Crippen LogP contribution >= 0.6 is 47.0 Å². The second kappa shape index (κ2) is 6.64. The molecule has 0 saturated heterocycles. The molecule has 17 heavy (non-hydrogen) atoms. The second-order valence-electron chi connectivity index (χ2n) is 2.95. The van der Waals surface area contributed by atoms with Gasteiger partial charge in [0.2, 0.25) is 0 Å². The van der Waals surface area contributed by atoms with E-state index in [4.69, 9.17) is 0 Å². The van der Waals surface area contributed by atoms with Gasteiger partial charge < -0.3 is 0 Å². The molecule has 0 spiro atoms. The summed E-state index contributed by atoms with van der Waals surface area (Å²) >= 11 is 11.1. The predicted octanol–water partition coefficient (Wildman–Crippen LogP) is 2.37. The monoisotopic (exact) mass is 564 g/mol. The number of hydrogen-bond acceptors (Lipinski definition) is 4. The van der Waals surface area contributed by atoms with Crippen LogP contribution < -0.4 is 0 Å². The summed E-state index contributed by atoms with van der Waals surface area (Å²) < 4.78 is 10.9. The Morgan fingerprint density at radius 2 is 1.29 bits per heavy atom. The standard InChI is InChI=1S/C9H8S4Se4/c1-10-4-5(11-2)15-8(14-4)9-16-6-7(17-9)13-3-12-6/h3H2,1-2H3. The molecule has 0 bridgehead atoms. The fourth-order valence-corrected chi connectivity index (χ4v) is 27.5. The first-order valence-corrected chi connectivity index (χ1v) is 15.9. The van der Waals surface area contributed by atoms with Crippen molar-refractivity contribution >= 4 is 107 Å². The average Bonchev–Trinajstić information content (AvgIpc) is 3.00. The zero-order chi connectivity index (χ0) is 11.8. The van der Waals surface area contributed by atoms with E-state index in [0.29, 0.717) is 29.9 Å². The Bertz CT molecular complexity index is 418. The van der Waals surface area contributed by atoms with E-state index in [0.717, 1.165) is 29.9 Å². The molecule has 3 rings (SSSR count). The molecule has 0 aromatic rings. The molecular formula is C9H8S4Se4. The Morgan fingerprint density at radius 3 is 1.76 bits per heavy atom. The number of thioether (sulfide) groups is 4. The zero-order valence-electron chi connectivity index (χ0n) is 8.97. The Kier molecular flexibility index (Phi) is 5.71. The molecule has 0 fully saturated rings. The maximum absolute atomic E-state index is 2.26. The molecule has 0 aromatic carbocycles. The Hall–Kier alpha value is 2.70. The number of rotatable bonds is 2. The third kappa shape index (κ3) is 3.15. The van der Waals surface area contributed by atoms with Gasteiger partial charge in [-0.15, -0.1) is 0 Å². The summed E-state index contributed by atoms with van der Waals surface area (Å²) in [6, 6.07) is 0. The summed E-state index contributed by atoms with van der Waals surface area (Å²) in [6.45, 7) is 0. The molecule has 0 radical (unpaired) electrons. The molecule has 0 unspecified atom stereocenters. The van der Waals surface area contributed by atoms with Crippen molar-refractivity contribution in [3.8, 4) is 0 Å². The van der Waals surface area contributed by atoms with E-state index >= 15 is 0 Å². The van der Waals surface area contributed by atoms with Crippen molar-refractivity contribution in [3.63, 3.8) is 0 Å². The van der Waals surface area contributed by atoms with E-state index in [-0.39, 0.29) is 0 Å². The van der Waals surface area contributed by atoms with E-state index in [1.807, 2.05) is 30.3 Å². The van der Waals surface area contributed by atoms with Gasteiger partial charge in [-0.3, -0.25) is 0 Å². The summed E-state index contributed by atoms with van der Waals surface area (Å²) in [4.78, 5) is 0. The first-order valence-electron chi connectivity index (χ1n) is 4.59. The molecule has 0 atom stereocenters. The van der Waals surface area contributed by atoms with Crippen LogP contribution in [-0.4, -0.2) is 77.4 Å². The van der Waals surface area contributed by atoms with Crippen molar-refractivity contribution in [2.45, 2.75) is 0 Å². The molecule has 0 aromatic heterocycles. The van der Waals surface area contributed by atoms with Crippen LogP contribution in [0.1, 0.15) is 0 Å². The van der Waals surface area contributed by atoms with Crippen molar-refractivity contribution in [1.29, 1.82) is 0 Å². The summed E-state index contributed by atoms with van der Waals surface area (Å²) in [6.07, 6.45) is 4.51. The van der Waals surface area contributed by atoms with E-state index in [2.05, 4.69) is 36.0 Å². The van der Waals surface area contributed by atoms with E-state index in [9.17, 15) is 0 Å². The fraction of sp³-hybridized carbons (Fsp3) is 0.333. The van der Waals surface area contributed by atoms with Crippen molar-refractivity contribution in [3.05, 3.63) is 22.0 Å². The molecule has 0 aliphatic carbocycles. The second-order valence-corrected chi connectivity index (χ2v) is 20.4. The van der Waals surface area contributed by atoms with Gasteiger partial charge in [-0.1, -0.05) is 0 Å². The third-order valence-corrected chi connectivity index (χ3v) is 25.9. The Labute approximate surface area is 144 Å². The molecule has 0 saturated carbocycles. The normalized spacial score (nSPS) is 24.4. The van der Waals surface area contributed by atoms with E-state index in [1.54, 1.807) is 15.2 Å². The van der Waals surface area contributed by atoms with Crippen LogP contribution in [0.3, 0.4) is 0 Å². The van der Waals surface area contributed by atoms with Gasteiger partial charge in [-0.25, -0.2) is 0 Å². The summed E-state index contributed by atoms with van der Waals surface area (Å²) in [5.41, 5.74) is 0. The van der Waals surface area contributed by atoms with Crippen LogP contribution in [0.5, 0.6) is 0 Å². The molecule has 92 valence electrons. The van der Waals surface area contributed by atoms with Crippen LogP contribution in [0.25, 0.3) is 0 Å². The fourth-order valence-electron chi connectivity index (χ4n) is 1.28. The first kappa shape index (κ1) is 14.6. The van der Waals surface area contributed by atoms with Crippen LogP contribution in [0, 0.1) is 0 Å². The van der Waals surface area contributed by atoms with Crippen molar-refractivity contribution < 1.29 is 0 Å². The molecule has 3 aliphatic heterocycles. The molecule has 0 nitrogen and oxygen atoms in total. The van der Waals surface area contributed by atoms with Crippen LogP contribution in [0.4, 0.5) is 0 Å². The van der Waals surface area contributed by atoms with Gasteiger partial charge in [-0.2, -0.15) is 0 Å². The van der Waals surface area contributed by atoms with Crippen molar-refractivity contribution in [2.24, 2.45) is 0 Å². The van der Waals surface area contributed by atoms with Gasteiger partial charge in [0.15, 0.2) is 0 Å². The predicted molar refractivity (Wildman–Crippen MR) is 91.2 cm³/mol. The molecule has 0 amide bonds. The van der Waals surface area contributed by atoms with E-state index in [1.165, 1.54) is 5.08 Å². The van der Waals surface area contributed by atoms with Crippen LogP contribution in [0.15, 0.2) is 22.0 Å². The Morgan fingerprint density at radius 1 is 0.824 bits per heavy atom. The topological polar surface area (TPSA) is 0 Å². The van der Waals surface area contributed by atoms with Crippen LogP contribution in [0.2, 0.25) is 0 Å². The summed E-state index contributed by atoms with van der Waals surface area (Å²) in [5, 5.41) is 1.30.